The van der Waals surface area contributed by atoms with Crippen LogP contribution in [0.15, 0.2) is 60.8 Å². The Morgan fingerprint density at radius 3 is 2.55 bits per heavy atom. The summed E-state index contributed by atoms with van der Waals surface area (Å²) in [4.78, 5) is 2.24. The van der Waals surface area contributed by atoms with E-state index in [2.05, 4.69) is 64.3 Å². The van der Waals surface area contributed by atoms with Crippen LogP contribution in [-0.2, 0) is 6.54 Å². The van der Waals surface area contributed by atoms with Crippen LogP contribution in [0.2, 0.25) is 0 Å². The molecule has 0 spiro atoms. The van der Waals surface area contributed by atoms with E-state index >= 15 is 0 Å². The third kappa shape index (κ3) is 3.80. The number of aromatic nitrogens is 1. The molecule has 1 aliphatic rings. The van der Waals surface area contributed by atoms with Crippen LogP contribution in [0.1, 0.15) is 22.9 Å². The minimum Gasteiger partial charge on any atom is -0.497 e. The zero-order valence-corrected chi connectivity index (χ0v) is 17.7. The van der Waals surface area contributed by atoms with Crippen molar-refractivity contribution in [3.63, 3.8) is 0 Å². The van der Waals surface area contributed by atoms with Crippen LogP contribution in [0.3, 0.4) is 0 Å². The number of fused-ring (bicyclic) bond motifs is 1. The fourth-order valence-electron chi connectivity index (χ4n) is 3.80. The second-order valence-corrected chi connectivity index (χ2v) is 7.52. The SMILES string of the molecule is COc1ccc(OC)c(NC(=S)N2CCn3cccc3[C@@H]2c2ccc(C)cc2)c1. The fraction of sp³-hybridized carbons (Fsp3) is 0.261. The first-order valence-electron chi connectivity index (χ1n) is 9.62. The monoisotopic (exact) mass is 407 g/mol. The molecule has 1 atom stereocenters. The standard InChI is InChI=1S/C23H25N3O2S/c1-16-6-8-17(9-7-16)22-20-5-4-12-25(20)13-14-26(22)23(29)24-19-15-18(27-2)10-11-21(19)28-3/h4-12,15,22H,13-14H2,1-3H3,(H,24,29)/t22-/m0/s1. The van der Waals surface area contributed by atoms with Crippen molar-refractivity contribution in [2.75, 3.05) is 26.1 Å². The Morgan fingerprint density at radius 2 is 1.83 bits per heavy atom. The van der Waals surface area contributed by atoms with Crippen LogP contribution in [-0.4, -0.2) is 35.3 Å². The van der Waals surface area contributed by atoms with Gasteiger partial charge < -0.3 is 24.3 Å². The first kappa shape index (κ1) is 19.3. The molecule has 1 N–H and O–H groups in total. The number of thiocarbonyl (C=S) groups is 1. The number of hydrogen-bond acceptors (Lipinski definition) is 3. The molecule has 0 bridgehead atoms. The predicted octanol–water partition coefficient (Wildman–Crippen LogP) is 4.62. The first-order valence-corrected chi connectivity index (χ1v) is 10.0. The van der Waals surface area contributed by atoms with Crippen molar-refractivity contribution in [1.82, 2.24) is 9.47 Å². The molecule has 1 aromatic heterocycles. The number of benzene rings is 2. The quantitative estimate of drug-likeness (QED) is 0.639. The smallest absolute Gasteiger partial charge is 0.174 e. The Labute approximate surface area is 176 Å². The van der Waals surface area contributed by atoms with Gasteiger partial charge in [-0.25, -0.2) is 0 Å². The molecule has 2 aromatic carbocycles. The predicted molar refractivity (Wildman–Crippen MR) is 120 cm³/mol. The van der Waals surface area contributed by atoms with Gasteiger partial charge in [0.2, 0.25) is 0 Å². The van der Waals surface area contributed by atoms with E-state index in [1.807, 2.05) is 18.2 Å². The zero-order chi connectivity index (χ0) is 20.4. The summed E-state index contributed by atoms with van der Waals surface area (Å²) in [5.41, 5.74) is 4.49. The number of ether oxygens (including phenoxy) is 2. The van der Waals surface area contributed by atoms with Crippen molar-refractivity contribution in [1.29, 1.82) is 0 Å². The molecule has 0 saturated carbocycles. The van der Waals surface area contributed by atoms with Crippen molar-refractivity contribution in [2.24, 2.45) is 0 Å². The zero-order valence-electron chi connectivity index (χ0n) is 16.9. The number of nitrogens with one attached hydrogen (secondary N) is 1. The lowest BCUT2D eigenvalue weighted by molar-refractivity contribution is 0.293. The highest BCUT2D eigenvalue weighted by Gasteiger charge is 2.30. The molecule has 0 unspecified atom stereocenters. The maximum atomic E-state index is 5.86. The van der Waals surface area contributed by atoms with E-state index in [1.165, 1.54) is 16.8 Å². The Morgan fingerprint density at radius 1 is 1.03 bits per heavy atom. The molecule has 0 saturated heterocycles. The molecule has 0 aliphatic carbocycles. The minimum atomic E-state index is 0.0518. The summed E-state index contributed by atoms with van der Waals surface area (Å²) in [5.74, 6) is 1.47. The summed E-state index contributed by atoms with van der Waals surface area (Å²) in [5, 5.41) is 4.04. The third-order valence-corrected chi connectivity index (χ3v) is 5.68. The van der Waals surface area contributed by atoms with Crippen molar-refractivity contribution in [3.8, 4) is 11.5 Å². The molecule has 6 heteroatoms. The van der Waals surface area contributed by atoms with E-state index in [0.29, 0.717) is 5.11 Å². The molecular weight excluding hydrogens is 382 g/mol. The normalized spacial score (nSPS) is 15.6. The van der Waals surface area contributed by atoms with E-state index in [1.54, 1.807) is 14.2 Å². The van der Waals surface area contributed by atoms with Crippen molar-refractivity contribution in [2.45, 2.75) is 19.5 Å². The van der Waals surface area contributed by atoms with Crippen molar-refractivity contribution in [3.05, 3.63) is 77.6 Å². The minimum absolute atomic E-state index is 0.0518. The molecule has 150 valence electrons. The number of anilines is 1. The summed E-state index contributed by atoms with van der Waals surface area (Å²) in [6, 6.07) is 18.6. The number of nitrogens with zero attached hydrogens (tertiary/aromatic N) is 2. The highest BCUT2D eigenvalue weighted by atomic mass is 32.1. The Kier molecular flexibility index (Phi) is 5.45. The largest absolute Gasteiger partial charge is 0.497 e. The van der Waals surface area contributed by atoms with Crippen LogP contribution in [0.25, 0.3) is 0 Å². The van der Waals surface area contributed by atoms with E-state index in [-0.39, 0.29) is 6.04 Å². The maximum Gasteiger partial charge on any atom is 0.174 e. The van der Waals surface area contributed by atoms with Crippen LogP contribution in [0.4, 0.5) is 5.69 Å². The molecular formula is C23H25N3O2S. The summed E-state index contributed by atoms with van der Waals surface area (Å²) in [7, 11) is 3.30. The summed E-state index contributed by atoms with van der Waals surface area (Å²) < 4.78 is 13.2. The van der Waals surface area contributed by atoms with E-state index < -0.39 is 0 Å². The van der Waals surface area contributed by atoms with Crippen LogP contribution < -0.4 is 14.8 Å². The summed E-state index contributed by atoms with van der Waals surface area (Å²) in [6.45, 7) is 3.81. The van der Waals surface area contributed by atoms with Crippen LogP contribution in [0.5, 0.6) is 11.5 Å². The summed E-state index contributed by atoms with van der Waals surface area (Å²) >= 11 is 5.86. The fourth-order valence-corrected chi connectivity index (χ4v) is 4.11. The van der Waals surface area contributed by atoms with E-state index in [0.717, 1.165) is 30.3 Å². The Bertz CT molecular complexity index is 1010. The van der Waals surface area contributed by atoms with Crippen LogP contribution in [0, 0.1) is 6.92 Å². The molecule has 0 amide bonds. The Balaban J connectivity index is 1.67. The molecule has 1 aliphatic heterocycles. The van der Waals surface area contributed by atoms with Gasteiger partial charge >= 0.3 is 0 Å². The average Bonchev–Trinajstić information content (AvgIpc) is 3.22. The maximum absolute atomic E-state index is 5.86. The summed E-state index contributed by atoms with van der Waals surface area (Å²) in [6.07, 6.45) is 2.13. The highest BCUT2D eigenvalue weighted by Crippen LogP contribution is 2.34. The lowest BCUT2D eigenvalue weighted by Gasteiger charge is -2.39. The first-order chi connectivity index (χ1) is 14.1. The second kappa shape index (κ2) is 8.17. The van der Waals surface area contributed by atoms with Crippen molar-refractivity contribution < 1.29 is 9.47 Å². The topological polar surface area (TPSA) is 38.7 Å². The van der Waals surface area contributed by atoms with Crippen molar-refractivity contribution >= 4 is 23.0 Å². The molecule has 0 radical (unpaired) electrons. The number of rotatable bonds is 4. The molecule has 5 nitrogen and oxygen atoms in total. The second-order valence-electron chi connectivity index (χ2n) is 7.13. The lowest BCUT2D eigenvalue weighted by atomic mass is 9.99. The Hall–Kier alpha value is -2.99. The van der Waals surface area contributed by atoms with Gasteiger partial charge in [-0.2, -0.15) is 0 Å². The van der Waals surface area contributed by atoms with Gasteiger partial charge in [0.05, 0.1) is 25.9 Å². The molecule has 2 heterocycles. The van der Waals surface area contributed by atoms with Gasteiger partial charge in [0.1, 0.15) is 11.5 Å². The third-order valence-electron chi connectivity index (χ3n) is 5.34. The van der Waals surface area contributed by atoms with Gasteiger partial charge in [-0.1, -0.05) is 29.8 Å². The molecule has 29 heavy (non-hydrogen) atoms. The van der Waals surface area contributed by atoms with Gasteiger partial charge in [-0.3, -0.25) is 0 Å². The molecule has 0 fully saturated rings. The van der Waals surface area contributed by atoms with Gasteiger partial charge in [0.15, 0.2) is 5.11 Å². The number of methoxy groups -OCH3 is 2. The van der Waals surface area contributed by atoms with Gasteiger partial charge in [0.25, 0.3) is 0 Å². The van der Waals surface area contributed by atoms with Gasteiger partial charge in [-0.15, -0.1) is 0 Å². The lowest BCUT2D eigenvalue weighted by Crippen LogP contribution is -2.44. The van der Waals surface area contributed by atoms with Gasteiger partial charge in [0, 0.05) is 31.0 Å². The highest BCUT2D eigenvalue weighted by molar-refractivity contribution is 7.80. The molecule has 3 aromatic rings. The number of aryl methyl sites for hydroxylation is 1. The molecule has 4 rings (SSSR count). The van der Waals surface area contributed by atoms with Crippen LogP contribution >= 0.6 is 12.2 Å². The van der Waals surface area contributed by atoms with E-state index in [4.69, 9.17) is 21.7 Å². The van der Waals surface area contributed by atoms with E-state index in [9.17, 15) is 0 Å². The number of hydrogen-bond donors (Lipinski definition) is 1. The average molecular weight is 408 g/mol. The van der Waals surface area contributed by atoms with Gasteiger partial charge in [-0.05, 0) is 49.0 Å².